The third-order valence-electron chi connectivity index (χ3n) is 1.72. The largest absolute Gasteiger partial charge is 0.397 e. The molecule has 0 atom stereocenters. The molecule has 0 aliphatic carbocycles. The SMILES string of the molecule is C1CNCN1.Nc1ccccc1N. The minimum Gasteiger partial charge on any atom is -0.397 e. The summed E-state index contributed by atoms with van der Waals surface area (Å²) in [5, 5.41) is 6.22. The predicted molar refractivity (Wildman–Crippen MR) is 56.1 cm³/mol. The number of hydrogen-bond acceptors (Lipinski definition) is 4. The van der Waals surface area contributed by atoms with Crippen molar-refractivity contribution in [2.45, 2.75) is 0 Å². The Bertz CT molecular complexity index is 217. The van der Waals surface area contributed by atoms with Crippen LogP contribution in [0.3, 0.4) is 0 Å². The van der Waals surface area contributed by atoms with Crippen LogP contribution in [0.15, 0.2) is 24.3 Å². The fourth-order valence-corrected chi connectivity index (χ4v) is 0.953. The van der Waals surface area contributed by atoms with E-state index in [2.05, 4.69) is 10.6 Å². The Hall–Kier alpha value is -1.26. The topological polar surface area (TPSA) is 76.1 Å². The molecule has 4 heteroatoms. The van der Waals surface area contributed by atoms with Crippen molar-refractivity contribution in [3.63, 3.8) is 0 Å². The summed E-state index contributed by atoms with van der Waals surface area (Å²) in [6, 6.07) is 7.25. The lowest BCUT2D eigenvalue weighted by Crippen LogP contribution is -2.11. The summed E-state index contributed by atoms with van der Waals surface area (Å²) in [7, 11) is 0. The van der Waals surface area contributed by atoms with Crippen LogP contribution < -0.4 is 22.1 Å². The van der Waals surface area contributed by atoms with E-state index in [0.29, 0.717) is 11.4 Å². The Kier molecular flexibility index (Phi) is 4.08. The van der Waals surface area contributed by atoms with E-state index in [-0.39, 0.29) is 0 Å². The molecule has 0 amide bonds. The van der Waals surface area contributed by atoms with Gasteiger partial charge < -0.3 is 22.1 Å². The molecule has 1 aromatic carbocycles. The van der Waals surface area contributed by atoms with Crippen LogP contribution >= 0.6 is 0 Å². The second-order valence-electron chi connectivity index (χ2n) is 2.81. The Morgan fingerprint density at radius 3 is 1.62 bits per heavy atom. The maximum absolute atomic E-state index is 5.39. The summed E-state index contributed by atoms with van der Waals surface area (Å²) in [6.45, 7) is 3.28. The van der Waals surface area contributed by atoms with Gasteiger partial charge in [-0.05, 0) is 12.1 Å². The molecule has 72 valence electrons. The second-order valence-corrected chi connectivity index (χ2v) is 2.81. The molecule has 0 saturated carbocycles. The smallest absolute Gasteiger partial charge is 0.0547 e. The molecule has 0 radical (unpaired) electrons. The van der Waals surface area contributed by atoms with E-state index in [1.807, 2.05) is 12.1 Å². The molecule has 0 spiro atoms. The van der Waals surface area contributed by atoms with Crippen LogP contribution in [-0.2, 0) is 0 Å². The lowest BCUT2D eigenvalue weighted by Gasteiger charge is -1.94. The van der Waals surface area contributed by atoms with Crippen molar-refractivity contribution < 1.29 is 0 Å². The standard InChI is InChI=1S/C6H8N2.C3H8N2/c7-5-3-1-2-4-6(5)8;1-2-5-3-4-1/h1-4H,7-8H2;4-5H,1-3H2. The van der Waals surface area contributed by atoms with Gasteiger partial charge in [-0.25, -0.2) is 0 Å². The normalized spacial score (nSPS) is 14.8. The molecule has 6 N–H and O–H groups in total. The van der Waals surface area contributed by atoms with E-state index in [0.717, 1.165) is 19.8 Å². The van der Waals surface area contributed by atoms with Crippen LogP contribution in [0.25, 0.3) is 0 Å². The second kappa shape index (κ2) is 5.40. The first-order chi connectivity index (χ1) is 6.30. The van der Waals surface area contributed by atoms with E-state index in [4.69, 9.17) is 11.5 Å². The highest BCUT2D eigenvalue weighted by Gasteiger charge is 1.90. The van der Waals surface area contributed by atoms with E-state index in [1.54, 1.807) is 12.1 Å². The minimum absolute atomic E-state index is 0.646. The number of nitrogens with two attached hydrogens (primary N) is 2. The number of para-hydroxylation sites is 2. The molecule has 2 rings (SSSR count). The van der Waals surface area contributed by atoms with Gasteiger partial charge in [0.05, 0.1) is 11.4 Å². The summed E-state index contributed by atoms with van der Waals surface area (Å²) in [4.78, 5) is 0. The molecule has 13 heavy (non-hydrogen) atoms. The number of anilines is 2. The van der Waals surface area contributed by atoms with Crippen LogP contribution in [0.2, 0.25) is 0 Å². The zero-order chi connectivity index (χ0) is 9.52. The first kappa shape index (κ1) is 9.83. The number of nitrogens with one attached hydrogen (secondary N) is 2. The average molecular weight is 180 g/mol. The monoisotopic (exact) mass is 180 g/mol. The number of nitrogen functional groups attached to an aromatic ring is 2. The molecular formula is C9H16N4. The highest BCUT2D eigenvalue weighted by molar-refractivity contribution is 5.62. The highest BCUT2D eigenvalue weighted by Crippen LogP contribution is 2.10. The van der Waals surface area contributed by atoms with Gasteiger partial charge >= 0.3 is 0 Å². The van der Waals surface area contributed by atoms with Crippen LogP contribution in [0.4, 0.5) is 11.4 Å². The molecule has 1 fully saturated rings. The Balaban J connectivity index is 0.000000145. The summed E-state index contributed by atoms with van der Waals surface area (Å²) < 4.78 is 0. The first-order valence-corrected chi connectivity index (χ1v) is 4.32. The van der Waals surface area contributed by atoms with E-state index < -0.39 is 0 Å². The molecule has 1 saturated heterocycles. The van der Waals surface area contributed by atoms with Gasteiger partial charge in [0.15, 0.2) is 0 Å². The Labute approximate surface area is 78.3 Å². The number of benzene rings is 1. The highest BCUT2D eigenvalue weighted by atomic mass is 15.1. The van der Waals surface area contributed by atoms with Crippen molar-refractivity contribution in [3.8, 4) is 0 Å². The summed E-state index contributed by atoms with van der Waals surface area (Å²) in [6.07, 6.45) is 0. The molecule has 0 unspecified atom stereocenters. The maximum Gasteiger partial charge on any atom is 0.0547 e. The van der Waals surface area contributed by atoms with Crippen LogP contribution in [0.1, 0.15) is 0 Å². The van der Waals surface area contributed by atoms with Gasteiger partial charge in [-0.15, -0.1) is 0 Å². The fraction of sp³-hybridized carbons (Fsp3) is 0.333. The van der Waals surface area contributed by atoms with Gasteiger partial charge in [-0.1, -0.05) is 12.1 Å². The zero-order valence-electron chi connectivity index (χ0n) is 7.59. The van der Waals surface area contributed by atoms with E-state index in [1.165, 1.54) is 0 Å². The minimum atomic E-state index is 0.646. The van der Waals surface area contributed by atoms with Gasteiger partial charge in [-0.3, -0.25) is 0 Å². The Morgan fingerprint density at radius 1 is 0.923 bits per heavy atom. The van der Waals surface area contributed by atoms with Gasteiger partial charge in [-0.2, -0.15) is 0 Å². The molecule has 4 nitrogen and oxygen atoms in total. The van der Waals surface area contributed by atoms with Gasteiger partial charge in [0.25, 0.3) is 0 Å². The average Bonchev–Trinajstić information content (AvgIpc) is 2.68. The predicted octanol–water partition coefficient (Wildman–Crippen LogP) is -0.0123. The van der Waals surface area contributed by atoms with E-state index in [9.17, 15) is 0 Å². The third kappa shape index (κ3) is 3.78. The van der Waals surface area contributed by atoms with Gasteiger partial charge in [0.1, 0.15) is 0 Å². The molecule has 0 aromatic heterocycles. The maximum atomic E-state index is 5.39. The van der Waals surface area contributed by atoms with Gasteiger partial charge in [0.2, 0.25) is 0 Å². The number of hydrogen-bond donors (Lipinski definition) is 4. The van der Waals surface area contributed by atoms with Crippen molar-refractivity contribution in [1.29, 1.82) is 0 Å². The van der Waals surface area contributed by atoms with Crippen LogP contribution in [0, 0.1) is 0 Å². The summed E-state index contributed by atoms with van der Waals surface area (Å²) in [5.74, 6) is 0. The molecule has 1 aliphatic rings. The zero-order valence-corrected chi connectivity index (χ0v) is 7.59. The lowest BCUT2D eigenvalue weighted by molar-refractivity contribution is 0.807. The van der Waals surface area contributed by atoms with Crippen molar-refractivity contribution >= 4 is 11.4 Å². The molecule has 0 bridgehead atoms. The number of rotatable bonds is 0. The van der Waals surface area contributed by atoms with Crippen LogP contribution in [0.5, 0.6) is 0 Å². The fourth-order valence-electron chi connectivity index (χ4n) is 0.953. The van der Waals surface area contributed by atoms with E-state index >= 15 is 0 Å². The quantitative estimate of drug-likeness (QED) is 0.423. The van der Waals surface area contributed by atoms with Gasteiger partial charge in [0, 0.05) is 19.8 Å². The summed E-state index contributed by atoms with van der Waals surface area (Å²) in [5.41, 5.74) is 12.1. The molecule has 1 heterocycles. The Morgan fingerprint density at radius 2 is 1.38 bits per heavy atom. The lowest BCUT2D eigenvalue weighted by atomic mass is 10.3. The summed E-state index contributed by atoms with van der Waals surface area (Å²) >= 11 is 0. The van der Waals surface area contributed by atoms with Crippen LogP contribution in [-0.4, -0.2) is 19.8 Å². The van der Waals surface area contributed by atoms with Crippen molar-refractivity contribution in [2.24, 2.45) is 0 Å². The molecule has 1 aromatic rings. The van der Waals surface area contributed by atoms with Crippen molar-refractivity contribution in [2.75, 3.05) is 31.2 Å². The van der Waals surface area contributed by atoms with Crippen molar-refractivity contribution in [3.05, 3.63) is 24.3 Å². The van der Waals surface area contributed by atoms with Crippen molar-refractivity contribution in [1.82, 2.24) is 10.6 Å². The third-order valence-corrected chi connectivity index (χ3v) is 1.72. The molecular weight excluding hydrogens is 164 g/mol. The first-order valence-electron chi connectivity index (χ1n) is 4.32. The molecule has 1 aliphatic heterocycles.